The van der Waals surface area contributed by atoms with Crippen molar-refractivity contribution in [2.75, 3.05) is 19.0 Å². The number of nitrogens with one attached hydrogen (secondary N) is 1. The highest BCUT2D eigenvalue weighted by Gasteiger charge is 2.22. The Morgan fingerprint density at radius 3 is 3.00 bits per heavy atom. The highest BCUT2D eigenvalue weighted by atomic mass is 16.5. The molecule has 0 bridgehead atoms. The number of anilines is 1. The lowest BCUT2D eigenvalue weighted by Gasteiger charge is -2.29. The van der Waals surface area contributed by atoms with Crippen LogP contribution >= 0.6 is 0 Å². The number of ether oxygens (including phenoxy) is 1. The van der Waals surface area contributed by atoms with Gasteiger partial charge in [-0.25, -0.2) is 4.98 Å². The van der Waals surface area contributed by atoms with Crippen LogP contribution in [-0.4, -0.2) is 29.3 Å². The fourth-order valence-corrected chi connectivity index (χ4v) is 3.03. The van der Waals surface area contributed by atoms with Crippen molar-refractivity contribution in [1.29, 1.82) is 0 Å². The second-order valence-corrected chi connectivity index (χ2v) is 5.93. The molecular formula is C15H27N3O. The second-order valence-electron chi connectivity index (χ2n) is 5.93. The maximum absolute atomic E-state index is 5.16. The van der Waals surface area contributed by atoms with E-state index in [1.807, 2.05) is 6.20 Å². The van der Waals surface area contributed by atoms with E-state index >= 15 is 0 Å². The quantitative estimate of drug-likeness (QED) is 0.858. The molecule has 0 aromatic carbocycles. The molecule has 0 saturated heterocycles. The maximum atomic E-state index is 5.16. The van der Waals surface area contributed by atoms with E-state index in [1.165, 1.54) is 25.7 Å². The lowest BCUT2D eigenvalue weighted by Crippen LogP contribution is -2.26. The Balaban J connectivity index is 1.95. The molecule has 4 nitrogen and oxygen atoms in total. The van der Waals surface area contributed by atoms with Gasteiger partial charge in [0.2, 0.25) is 5.95 Å². The minimum absolute atomic E-state index is 0.287. The van der Waals surface area contributed by atoms with Gasteiger partial charge in [0.1, 0.15) is 0 Å². The molecule has 108 valence electrons. The van der Waals surface area contributed by atoms with Crippen LogP contribution in [0.4, 0.5) is 5.95 Å². The van der Waals surface area contributed by atoms with Crippen LogP contribution in [0.2, 0.25) is 0 Å². The van der Waals surface area contributed by atoms with Crippen molar-refractivity contribution < 1.29 is 4.74 Å². The van der Waals surface area contributed by atoms with Crippen LogP contribution in [0.1, 0.15) is 39.5 Å². The van der Waals surface area contributed by atoms with E-state index in [-0.39, 0.29) is 6.04 Å². The molecule has 1 N–H and O–H groups in total. The summed E-state index contributed by atoms with van der Waals surface area (Å²) in [7, 11) is 1.73. The number of hydrogen-bond acceptors (Lipinski definition) is 3. The molecule has 1 saturated carbocycles. The minimum atomic E-state index is 0.287. The van der Waals surface area contributed by atoms with Crippen molar-refractivity contribution in [2.24, 2.45) is 11.8 Å². The summed E-state index contributed by atoms with van der Waals surface area (Å²) in [5.74, 6) is 2.60. The van der Waals surface area contributed by atoms with Crippen LogP contribution in [0.15, 0.2) is 12.4 Å². The number of imidazole rings is 1. The van der Waals surface area contributed by atoms with Crippen molar-refractivity contribution >= 4 is 5.95 Å². The van der Waals surface area contributed by atoms with Gasteiger partial charge in [-0.15, -0.1) is 0 Å². The van der Waals surface area contributed by atoms with Crippen LogP contribution in [0, 0.1) is 11.8 Å². The number of nitrogens with zero attached hydrogens (tertiary/aromatic N) is 2. The molecule has 19 heavy (non-hydrogen) atoms. The number of hydrogen-bond donors (Lipinski definition) is 1. The van der Waals surface area contributed by atoms with Gasteiger partial charge >= 0.3 is 0 Å². The first-order valence-electron chi connectivity index (χ1n) is 7.47. The molecular weight excluding hydrogens is 238 g/mol. The van der Waals surface area contributed by atoms with Gasteiger partial charge in [-0.05, 0) is 25.2 Å². The Labute approximate surface area is 116 Å². The number of methoxy groups -OCH3 is 1. The second kappa shape index (κ2) is 6.94. The zero-order valence-electron chi connectivity index (χ0n) is 12.4. The van der Waals surface area contributed by atoms with E-state index in [9.17, 15) is 0 Å². The summed E-state index contributed by atoms with van der Waals surface area (Å²) in [5, 5.41) is 3.42. The summed E-state index contributed by atoms with van der Waals surface area (Å²) in [4.78, 5) is 4.43. The summed E-state index contributed by atoms with van der Waals surface area (Å²) < 4.78 is 7.42. The first-order valence-corrected chi connectivity index (χ1v) is 7.47. The first-order chi connectivity index (χ1) is 9.20. The average Bonchev–Trinajstić information content (AvgIpc) is 2.80. The molecule has 1 heterocycles. The highest BCUT2D eigenvalue weighted by Crippen LogP contribution is 2.31. The summed E-state index contributed by atoms with van der Waals surface area (Å²) in [6, 6.07) is 0.287. The Morgan fingerprint density at radius 2 is 2.26 bits per heavy atom. The molecule has 1 aromatic heterocycles. The monoisotopic (exact) mass is 265 g/mol. The topological polar surface area (TPSA) is 39.1 Å². The maximum Gasteiger partial charge on any atom is 0.203 e. The predicted octanol–water partition coefficient (Wildman–Crippen LogP) is 3.16. The van der Waals surface area contributed by atoms with E-state index in [4.69, 9.17) is 4.74 Å². The smallest absolute Gasteiger partial charge is 0.203 e. The third-order valence-corrected chi connectivity index (χ3v) is 4.23. The van der Waals surface area contributed by atoms with Crippen molar-refractivity contribution in [3.8, 4) is 0 Å². The molecule has 1 fully saturated rings. The van der Waals surface area contributed by atoms with Gasteiger partial charge in [-0.2, -0.15) is 0 Å². The van der Waals surface area contributed by atoms with Gasteiger partial charge in [0.25, 0.3) is 0 Å². The van der Waals surface area contributed by atoms with Crippen molar-refractivity contribution in [3.63, 3.8) is 0 Å². The average molecular weight is 265 g/mol. The molecule has 1 aliphatic carbocycles. The minimum Gasteiger partial charge on any atom is -0.383 e. The lowest BCUT2D eigenvalue weighted by atomic mass is 9.80. The highest BCUT2D eigenvalue weighted by molar-refractivity contribution is 5.27. The van der Waals surface area contributed by atoms with Gasteiger partial charge in [-0.3, -0.25) is 0 Å². The Kier molecular flexibility index (Phi) is 5.25. The molecule has 4 heteroatoms. The zero-order valence-corrected chi connectivity index (χ0v) is 12.4. The molecule has 1 aliphatic rings. The van der Waals surface area contributed by atoms with Gasteiger partial charge in [-0.1, -0.05) is 26.2 Å². The Hall–Kier alpha value is -1.03. The summed E-state index contributed by atoms with van der Waals surface area (Å²) in [6.45, 7) is 6.29. The summed E-state index contributed by atoms with van der Waals surface area (Å²) in [5.41, 5.74) is 0. The molecule has 0 amide bonds. The van der Waals surface area contributed by atoms with Gasteiger partial charge in [0.15, 0.2) is 0 Å². The van der Waals surface area contributed by atoms with E-state index < -0.39 is 0 Å². The molecule has 0 radical (unpaired) electrons. The standard InChI is InChI=1S/C15H27N3O/c1-12-6-4-5-7-14(12)10-18-9-8-16-15(18)17-13(2)11-19-3/h8-9,12-14H,4-7,10-11H2,1-3H3,(H,16,17). The summed E-state index contributed by atoms with van der Waals surface area (Å²) in [6.07, 6.45) is 9.48. The van der Waals surface area contributed by atoms with E-state index in [0.29, 0.717) is 6.61 Å². The molecule has 0 aliphatic heterocycles. The third kappa shape index (κ3) is 3.96. The van der Waals surface area contributed by atoms with Gasteiger partial charge in [0.05, 0.1) is 6.61 Å². The van der Waals surface area contributed by atoms with E-state index in [1.54, 1.807) is 7.11 Å². The van der Waals surface area contributed by atoms with Crippen LogP contribution in [0.5, 0.6) is 0 Å². The fraction of sp³-hybridized carbons (Fsp3) is 0.800. The Morgan fingerprint density at radius 1 is 1.47 bits per heavy atom. The number of rotatable bonds is 6. The SMILES string of the molecule is COCC(C)Nc1nccn1CC1CCCCC1C. The van der Waals surface area contributed by atoms with Crippen LogP contribution < -0.4 is 5.32 Å². The van der Waals surface area contributed by atoms with E-state index in [0.717, 1.165) is 24.3 Å². The van der Waals surface area contributed by atoms with Crippen LogP contribution in [-0.2, 0) is 11.3 Å². The van der Waals surface area contributed by atoms with Crippen molar-refractivity contribution in [1.82, 2.24) is 9.55 Å². The Bertz CT molecular complexity index is 377. The van der Waals surface area contributed by atoms with Crippen molar-refractivity contribution in [2.45, 2.75) is 52.1 Å². The molecule has 3 atom stereocenters. The van der Waals surface area contributed by atoms with Gasteiger partial charge < -0.3 is 14.6 Å². The normalized spacial score (nSPS) is 25.2. The van der Waals surface area contributed by atoms with Crippen molar-refractivity contribution in [3.05, 3.63) is 12.4 Å². The fourth-order valence-electron chi connectivity index (χ4n) is 3.03. The van der Waals surface area contributed by atoms with Gasteiger partial charge in [0, 0.05) is 32.1 Å². The lowest BCUT2D eigenvalue weighted by molar-refractivity contribution is 0.189. The van der Waals surface area contributed by atoms with E-state index in [2.05, 4.69) is 34.9 Å². The van der Waals surface area contributed by atoms with Crippen LogP contribution in [0.3, 0.4) is 0 Å². The third-order valence-electron chi connectivity index (χ3n) is 4.23. The zero-order chi connectivity index (χ0) is 13.7. The molecule has 0 spiro atoms. The summed E-state index contributed by atoms with van der Waals surface area (Å²) >= 11 is 0. The van der Waals surface area contributed by atoms with Crippen LogP contribution in [0.25, 0.3) is 0 Å². The largest absolute Gasteiger partial charge is 0.383 e. The predicted molar refractivity (Wildman–Crippen MR) is 78.3 cm³/mol. The molecule has 1 aromatic rings. The first kappa shape index (κ1) is 14.4. The molecule has 2 rings (SSSR count). The molecule has 3 unspecified atom stereocenters. The number of aromatic nitrogens is 2.